The van der Waals surface area contributed by atoms with Gasteiger partial charge in [-0.3, -0.25) is 19.2 Å². The molecule has 2 aliphatic rings. The first kappa shape index (κ1) is 41.2. The SMILES string of the molecule is C1CCCCC1.C1CCCCC1.CC.CC.CC(=O)O.CC(=O)O.CC(=O)OCOC(C)=O. The number of ether oxygens (including phenoxy) is 2. The Morgan fingerprint density at radius 2 is 0.606 bits per heavy atom. The van der Waals surface area contributed by atoms with Crippen molar-refractivity contribution < 1.29 is 38.9 Å². The van der Waals surface area contributed by atoms with Gasteiger partial charge in [-0.15, -0.1) is 0 Å². The molecule has 0 saturated heterocycles. The van der Waals surface area contributed by atoms with E-state index in [0.29, 0.717) is 0 Å². The second-order valence-electron chi connectivity index (χ2n) is 6.67. The Hall–Kier alpha value is -2.12. The summed E-state index contributed by atoms with van der Waals surface area (Å²) < 4.78 is 8.54. The Morgan fingerprint density at radius 3 is 0.697 bits per heavy atom. The number of carboxylic acid groups (broad SMARTS) is 2. The molecule has 8 heteroatoms. The van der Waals surface area contributed by atoms with Crippen LogP contribution < -0.4 is 0 Å². The first-order chi connectivity index (χ1) is 15.6. The topological polar surface area (TPSA) is 127 Å². The zero-order valence-corrected chi connectivity index (χ0v) is 22.5. The van der Waals surface area contributed by atoms with E-state index in [2.05, 4.69) is 9.47 Å². The van der Waals surface area contributed by atoms with Crippen LogP contribution in [0, 0.1) is 0 Å². The molecule has 2 saturated carbocycles. The van der Waals surface area contributed by atoms with E-state index in [1.54, 1.807) is 0 Å². The van der Waals surface area contributed by atoms with Crippen LogP contribution in [0.15, 0.2) is 0 Å². The van der Waals surface area contributed by atoms with Crippen molar-refractivity contribution in [1.29, 1.82) is 0 Å². The van der Waals surface area contributed by atoms with Crippen LogP contribution >= 0.6 is 0 Å². The lowest BCUT2D eigenvalue weighted by Crippen LogP contribution is -2.07. The van der Waals surface area contributed by atoms with E-state index in [4.69, 9.17) is 19.8 Å². The molecule has 200 valence electrons. The molecular weight excluding hydrogens is 428 g/mol. The number of hydrogen-bond donors (Lipinski definition) is 2. The van der Waals surface area contributed by atoms with Gasteiger partial charge in [-0.2, -0.15) is 0 Å². The average molecular weight is 481 g/mol. The zero-order valence-electron chi connectivity index (χ0n) is 22.5. The van der Waals surface area contributed by atoms with Crippen LogP contribution in [0.5, 0.6) is 0 Å². The van der Waals surface area contributed by atoms with Gasteiger partial charge in [-0.25, -0.2) is 0 Å². The Morgan fingerprint density at radius 1 is 0.485 bits per heavy atom. The third-order valence-electron chi connectivity index (χ3n) is 3.52. The van der Waals surface area contributed by atoms with Crippen LogP contribution in [0.2, 0.25) is 0 Å². The van der Waals surface area contributed by atoms with Gasteiger partial charge in [0.15, 0.2) is 0 Å². The quantitative estimate of drug-likeness (QED) is 0.320. The fourth-order valence-corrected chi connectivity index (χ4v) is 2.32. The maximum Gasteiger partial charge on any atom is 0.305 e. The van der Waals surface area contributed by atoms with Gasteiger partial charge in [0.2, 0.25) is 6.79 Å². The lowest BCUT2D eigenvalue weighted by atomic mass is 10.0. The molecular formula is C25H52O8. The van der Waals surface area contributed by atoms with Crippen LogP contribution in [0.3, 0.4) is 0 Å². The molecule has 2 aliphatic carbocycles. The minimum Gasteiger partial charge on any atom is -0.481 e. The van der Waals surface area contributed by atoms with Gasteiger partial charge in [0.1, 0.15) is 0 Å². The standard InChI is InChI=1S/2C6H12.C5H8O4.2C2H4O2.2C2H6/c2*1-2-4-6-5-3-1;1-4(6)8-3-9-5(2)7;2*1-2(3)4;2*1-2/h2*1-6H2;3H2,1-2H3;2*1H3,(H,3,4);2*1-2H3. The molecule has 0 aromatic heterocycles. The van der Waals surface area contributed by atoms with E-state index < -0.39 is 23.9 Å². The van der Waals surface area contributed by atoms with Gasteiger partial charge < -0.3 is 19.7 Å². The summed E-state index contributed by atoms with van der Waals surface area (Å²) in [6, 6.07) is 0. The maximum atomic E-state index is 10.0. The largest absolute Gasteiger partial charge is 0.481 e. The van der Waals surface area contributed by atoms with E-state index in [0.717, 1.165) is 13.8 Å². The molecule has 2 fully saturated rings. The smallest absolute Gasteiger partial charge is 0.305 e. The van der Waals surface area contributed by atoms with Crippen LogP contribution in [0.25, 0.3) is 0 Å². The molecule has 0 bridgehead atoms. The predicted molar refractivity (Wildman–Crippen MR) is 133 cm³/mol. The highest BCUT2D eigenvalue weighted by Crippen LogP contribution is 2.15. The lowest BCUT2D eigenvalue weighted by Gasteiger charge is -2.05. The number of carbonyl (C=O) groups is 4. The molecule has 0 aromatic carbocycles. The highest BCUT2D eigenvalue weighted by Gasteiger charge is 1.96. The van der Waals surface area contributed by atoms with Gasteiger partial charge in [0.25, 0.3) is 11.9 Å². The average Bonchev–Trinajstić information content (AvgIpc) is 2.78. The van der Waals surface area contributed by atoms with Crippen molar-refractivity contribution in [1.82, 2.24) is 0 Å². The molecule has 8 nitrogen and oxygen atoms in total. The Bertz CT molecular complexity index is 346. The third kappa shape index (κ3) is 92.1. The number of hydrogen-bond acceptors (Lipinski definition) is 6. The molecule has 0 aliphatic heterocycles. The predicted octanol–water partition coefficient (Wildman–Crippen LogP) is 6.99. The van der Waals surface area contributed by atoms with E-state index in [1.807, 2.05) is 27.7 Å². The molecule has 0 atom stereocenters. The minimum absolute atomic E-state index is 0.287. The van der Waals surface area contributed by atoms with E-state index in [1.165, 1.54) is 90.9 Å². The summed E-state index contributed by atoms with van der Waals surface area (Å²) in [5.41, 5.74) is 0. The zero-order chi connectivity index (χ0) is 26.9. The maximum absolute atomic E-state index is 10.0. The van der Waals surface area contributed by atoms with Gasteiger partial charge in [0.05, 0.1) is 0 Å². The van der Waals surface area contributed by atoms with E-state index in [-0.39, 0.29) is 6.79 Å². The van der Waals surface area contributed by atoms with Crippen molar-refractivity contribution in [3.05, 3.63) is 0 Å². The normalized spacial score (nSPS) is 12.8. The Balaban J connectivity index is -0.0000000979. The molecule has 2 N–H and O–H groups in total. The molecule has 2 rings (SSSR count). The van der Waals surface area contributed by atoms with Gasteiger partial charge in [-0.1, -0.05) is 105 Å². The Labute approximate surface area is 202 Å². The van der Waals surface area contributed by atoms with Crippen molar-refractivity contribution in [2.45, 2.75) is 132 Å². The fraction of sp³-hybridized carbons (Fsp3) is 0.840. The monoisotopic (exact) mass is 480 g/mol. The highest BCUT2D eigenvalue weighted by atomic mass is 16.7. The van der Waals surface area contributed by atoms with Crippen molar-refractivity contribution >= 4 is 23.9 Å². The molecule has 0 heterocycles. The van der Waals surface area contributed by atoms with E-state index in [9.17, 15) is 9.59 Å². The summed E-state index contributed by atoms with van der Waals surface area (Å²) in [5, 5.41) is 14.8. The van der Waals surface area contributed by atoms with Crippen molar-refractivity contribution in [2.24, 2.45) is 0 Å². The highest BCUT2D eigenvalue weighted by molar-refractivity contribution is 5.67. The molecule has 0 spiro atoms. The second-order valence-corrected chi connectivity index (χ2v) is 6.67. The van der Waals surface area contributed by atoms with Gasteiger partial charge >= 0.3 is 11.9 Å². The Kier molecular flexibility index (Phi) is 50.2. The molecule has 0 amide bonds. The summed E-state index contributed by atoms with van der Waals surface area (Å²) in [6.07, 6.45) is 18.0. The van der Waals surface area contributed by atoms with Crippen molar-refractivity contribution in [3.63, 3.8) is 0 Å². The van der Waals surface area contributed by atoms with Crippen LogP contribution in [0.1, 0.15) is 132 Å². The summed E-state index contributed by atoms with van der Waals surface area (Å²) in [7, 11) is 0. The molecule has 0 aromatic rings. The second kappa shape index (κ2) is 40.3. The first-order valence-corrected chi connectivity index (χ1v) is 12.2. The van der Waals surface area contributed by atoms with Crippen molar-refractivity contribution in [2.75, 3.05) is 6.79 Å². The summed E-state index contributed by atoms with van der Waals surface area (Å²) in [6.45, 7) is 12.4. The van der Waals surface area contributed by atoms with Crippen LogP contribution in [-0.2, 0) is 28.7 Å². The van der Waals surface area contributed by atoms with E-state index >= 15 is 0 Å². The number of carbonyl (C=O) groups excluding carboxylic acids is 2. The van der Waals surface area contributed by atoms with Crippen LogP contribution in [0.4, 0.5) is 0 Å². The first-order valence-electron chi connectivity index (χ1n) is 12.2. The molecule has 0 radical (unpaired) electrons. The number of carboxylic acids is 2. The molecule has 33 heavy (non-hydrogen) atoms. The minimum atomic E-state index is -0.833. The van der Waals surface area contributed by atoms with Crippen molar-refractivity contribution in [3.8, 4) is 0 Å². The van der Waals surface area contributed by atoms with Gasteiger partial charge in [-0.05, 0) is 0 Å². The number of aliphatic carboxylic acids is 2. The lowest BCUT2D eigenvalue weighted by molar-refractivity contribution is -0.164. The van der Waals surface area contributed by atoms with Crippen LogP contribution in [-0.4, -0.2) is 40.9 Å². The van der Waals surface area contributed by atoms with Gasteiger partial charge in [0, 0.05) is 27.7 Å². The summed E-state index contributed by atoms with van der Waals surface area (Å²) >= 11 is 0. The third-order valence-corrected chi connectivity index (χ3v) is 3.52. The number of rotatable bonds is 2. The number of esters is 2. The fourth-order valence-electron chi connectivity index (χ4n) is 2.32. The summed E-state index contributed by atoms with van der Waals surface area (Å²) in [4.78, 5) is 38.0. The molecule has 0 unspecified atom stereocenters. The summed E-state index contributed by atoms with van der Waals surface area (Å²) in [5.74, 6) is -2.59.